The fraction of sp³-hybridized carbons (Fsp3) is 0.357. The summed E-state index contributed by atoms with van der Waals surface area (Å²) in [5.74, 6) is -2.28. The van der Waals surface area contributed by atoms with Gasteiger partial charge in [-0.25, -0.2) is 4.79 Å². The van der Waals surface area contributed by atoms with Crippen LogP contribution in [-0.4, -0.2) is 53.3 Å². The lowest BCUT2D eigenvalue weighted by molar-refractivity contribution is -0.151. The van der Waals surface area contributed by atoms with Crippen molar-refractivity contribution in [1.82, 2.24) is 4.90 Å². The zero-order valence-corrected chi connectivity index (χ0v) is 31.6. The number of ether oxygens (including phenoxy) is 1. The summed E-state index contributed by atoms with van der Waals surface area (Å²) < 4.78 is 4.77. The van der Waals surface area contributed by atoms with Crippen LogP contribution in [0.3, 0.4) is 0 Å². The highest BCUT2D eigenvalue weighted by atomic mass is 32.1. The van der Waals surface area contributed by atoms with Gasteiger partial charge in [0.25, 0.3) is 11.8 Å². The van der Waals surface area contributed by atoms with Crippen LogP contribution in [0.5, 0.6) is 0 Å². The van der Waals surface area contributed by atoms with Gasteiger partial charge in [-0.15, -0.1) is 11.3 Å². The van der Waals surface area contributed by atoms with Crippen molar-refractivity contribution in [3.8, 4) is 0 Å². The molecule has 53 heavy (non-hydrogen) atoms. The van der Waals surface area contributed by atoms with E-state index < -0.39 is 11.4 Å². The van der Waals surface area contributed by atoms with Crippen LogP contribution in [0.1, 0.15) is 105 Å². The zero-order valence-electron chi connectivity index (χ0n) is 30.8. The van der Waals surface area contributed by atoms with Crippen LogP contribution < -0.4 is 10.6 Å². The maximum Gasteiger partial charge on any atom is 0.337 e. The Morgan fingerprint density at radius 2 is 1.49 bits per heavy atom. The quantitative estimate of drug-likeness (QED) is 0.105. The maximum atomic E-state index is 13.9. The van der Waals surface area contributed by atoms with E-state index in [1.165, 1.54) is 32.3 Å². The first-order valence-corrected chi connectivity index (χ1v) is 18.8. The number of carboxylic acids is 1. The lowest BCUT2D eigenvalue weighted by atomic mass is 9.89. The average molecular weight is 738 g/mol. The number of hydrogen-bond acceptors (Lipinski definition) is 7. The van der Waals surface area contributed by atoms with Crippen LogP contribution >= 0.6 is 11.3 Å². The summed E-state index contributed by atoms with van der Waals surface area (Å²) in [4.78, 5) is 66.7. The molecule has 1 aliphatic carbocycles. The number of amides is 3. The lowest BCUT2D eigenvalue weighted by Crippen LogP contribution is -2.37. The number of anilines is 2. The Hall–Kier alpha value is -5.29. The Kier molecular flexibility index (Phi) is 12.8. The molecular weight excluding hydrogens is 691 g/mol. The van der Waals surface area contributed by atoms with Crippen molar-refractivity contribution in [2.75, 3.05) is 24.3 Å². The summed E-state index contributed by atoms with van der Waals surface area (Å²) in [5.41, 5.74) is 4.80. The molecule has 0 fully saturated rings. The second kappa shape index (κ2) is 17.5. The number of benzene rings is 3. The van der Waals surface area contributed by atoms with E-state index >= 15 is 0 Å². The topological polar surface area (TPSA) is 142 Å². The minimum absolute atomic E-state index is 0.129. The molecule has 1 heterocycles. The van der Waals surface area contributed by atoms with Gasteiger partial charge in [0.15, 0.2) is 0 Å². The first-order chi connectivity index (χ1) is 25.4. The van der Waals surface area contributed by atoms with Crippen molar-refractivity contribution in [3.63, 3.8) is 0 Å². The fourth-order valence-corrected chi connectivity index (χ4v) is 7.67. The molecule has 5 rings (SSSR count). The molecule has 0 radical (unpaired) electrons. The lowest BCUT2D eigenvalue weighted by Gasteiger charge is -2.26. The molecule has 0 saturated carbocycles. The SMILES string of the molecule is CCCN(Cc1cccc(C(=O)Nc2sc3c(c2C(=O)Nc2ccc(CCc4ccc(C(=O)OC)cc4)cc2)CCCC3)c1)C(=O)CC(C)(C)C(=O)O. The van der Waals surface area contributed by atoms with E-state index in [-0.39, 0.29) is 36.7 Å². The molecular formula is C42H47N3O7S. The highest BCUT2D eigenvalue weighted by Crippen LogP contribution is 2.39. The van der Waals surface area contributed by atoms with E-state index in [4.69, 9.17) is 4.74 Å². The number of hydrogen-bond donors (Lipinski definition) is 3. The molecule has 0 aliphatic heterocycles. The molecule has 3 amide bonds. The molecule has 0 unspecified atom stereocenters. The molecule has 0 saturated heterocycles. The van der Waals surface area contributed by atoms with E-state index in [0.29, 0.717) is 40.3 Å². The minimum Gasteiger partial charge on any atom is -0.481 e. The Morgan fingerprint density at radius 3 is 2.13 bits per heavy atom. The fourth-order valence-electron chi connectivity index (χ4n) is 6.39. The van der Waals surface area contributed by atoms with E-state index in [2.05, 4.69) is 10.6 Å². The van der Waals surface area contributed by atoms with E-state index in [9.17, 15) is 29.1 Å². The second-order valence-corrected chi connectivity index (χ2v) is 15.2. The number of esters is 1. The van der Waals surface area contributed by atoms with E-state index in [1.54, 1.807) is 35.2 Å². The molecule has 3 N–H and O–H groups in total. The van der Waals surface area contributed by atoms with Gasteiger partial charge in [-0.3, -0.25) is 19.2 Å². The number of rotatable bonds is 15. The van der Waals surface area contributed by atoms with E-state index in [0.717, 1.165) is 65.7 Å². The standard InChI is InChI=1S/C42H47N3O7S/c1-5-23-45(35(46)25-42(2,3)41(50)51)26-29-9-8-10-31(24-29)37(47)44-39-36(33-11-6-7-12-34(33)53-39)38(48)43-32-21-17-28(18-22-32)14-13-27-15-19-30(20-16-27)40(49)52-4/h8-10,15-22,24H,5-7,11-14,23,25-26H2,1-4H3,(H,43,48)(H,44,47)(H,50,51). The Bertz CT molecular complexity index is 1970. The van der Waals surface area contributed by atoms with Gasteiger partial charge in [-0.1, -0.05) is 43.3 Å². The third kappa shape index (κ3) is 9.98. The van der Waals surface area contributed by atoms with Crippen molar-refractivity contribution >= 4 is 51.7 Å². The molecule has 1 aliphatic rings. The Balaban J connectivity index is 1.26. The van der Waals surface area contributed by atoms with Gasteiger partial charge in [0, 0.05) is 35.6 Å². The summed E-state index contributed by atoms with van der Waals surface area (Å²) in [6, 6.07) is 22.1. The van der Waals surface area contributed by atoms with Gasteiger partial charge in [0.05, 0.1) is 23.7 Å². The highest BCUT2D eigenvalue weighted by molar-refractivity contribution is 7.17. The number of nitrogens with zero attached hydrogens (tertiary/aromatic N) is 1. The third-order valence-electron chi connectivity index (χ3n) is 9.50. The number of aryl methyl sites for hydroxylation is 3. The third-order valence-corrected chi connectivity index (χ3v) is 10.7. The zero-order chi connectivity index (χ0) is 38.1. The molecule has 0 atom stereocenters. The Labute approximate surface area is 314 Å². The predicted octanol–water partition coefficient (Wildman–Crippen LogP) is 7.94. The van der Waals surface area contributed by atoms with Crippen molar-refractivity contribution in [2.24, 2.45) is 5.41 Å². The molecule has 11 heteroatoms. The van der Waals surface area contributed by atoms with Gasteiger partial charge in [-0.2, -0.15) is 0 Å². The summed E-state index contributed by atoms with van der Waals surface area (Å²) >= 11 is 1.45. The largest absolute Gasteiger partial charge is 0.481 e. The first kappa shape index (κ1) is 38.9. The number of fused-ring (bicyclic) bond motifs is 1. The summed E-state index contributed by atoms with van der Waals surface area (Å²) in [5, 5.41) is 16.1. The molecule has 4 aromatic rings. The number of carboxylic acid groups (broad SMARTS) is 1. The maximum absolute atomic E-state index is 13.9. The minimum atomic E-state index is -1.19. The van der Waals surface area contributed by atoms with Gasteiger partial charge < -0.3 is 25.4 Å². The molecule has 1 aromatic heterocycles. The van der Waals surface area contributed by atoms with Crippen LogP contribution in [0.2, 0.25) is 0 Å². The van der Waals surface area contributed by atoms with Crippen LogP contribution in [0.25, 0.3) is 0 Å². The van der Waals surface area contributed by atoms with Crippen molar-refractivity contribution < 1.29 is 33.8 Å². The van der Waals surface area contributed by atoms with Gasteiger partial charge in [0.1, 0.15) is 5.00 Å². The number of nitrogens with one attached hydrogen (secondary N) is 2. The van der Waals surface area contributed by atoms with Crippen LogP contribution in [0.15, 0.2) is 72.8 Å². The van der Waals surface area contributed by atoms with Gasteiger partial charge in [-0.05, 0) is 117 Å². The number of methoxy groups -OCH3 is 1. The smallest absolute Gasteiger partial charge is 0.337 e. The summed E-state index contributed by atoms with van der Waals surface area (Å²) in [6.45, 7) is 5.73. The van der Waals surface area contributed by atoms with Gasteiger partial charge >= 0.3 is 11.9 Å². The summed E-state index contributed by atoms with van der Waals surface area (Å²) in [6.07, 6.45) is 5.76. The molecule has 3 aromatic carbocycles. The van der Waals surface area contributed by atoms with Crippen LogP contribution in [0.4, 0.5) is 10.7 Å². The van der Waals surface area contributed by atoms with Crippen molar-refractivity contribution in [3.05, 3.63) is 117 Å². The molecule has 0 spiro atoms. The van der Waals surface area contributed by atoms with Crippen molar-refractivity contribution in [2.45, 2.75) is 78.7 Å². The normalized spacial score (nSPS) is 12.4. The monoisotopic (exact) mass is 737 g/mol. The van der Waals surface area contributed by atoms with Crippen LogP contribution in [0, 0.1) is 5.41 Å². The van der Waals surface area contributed by atoms with Crippen molar-refractivity contribution in [1.29, 1.82) is 0 Å². The number of aliphatic carboxylic acids is 1. The predicted molar refractivity (Wildman–Crippen MR) is 207 cm³/mol. The molecule has 10 nitrogen and oxygen atoms in total. The van der Waals surface area contributed by atoms with Gasteiger partial charge in [0.2, 0.25) is 5.91 Å². The van der Waals surface area contributed by atoms with E-state index in [1.807, 2.05) is 49.4 Å². The second-order valence-electron chi connectivity index (χ2n) is 14.1. The summed E-state index contributed by atoms with van der Waals surface area (Å²) in [7, 11) is 1.36. The molecule has 0 bridgehead atoms. The highest BCUT2D eigenvalue weighted by Gasteiger charge is 2.32. The first-order valence-electron chi connectivity index (χ1n) is 18.0. The number of thiophene rings is 1. The number of carbonyl (C=O) groups is 5. The average Bonchev–Trinajstić information content (AvgIpc) is 3.52. The Morgan fingerprint density at radius 1 is 0.830 bits per heavy atom. The molecule has 278 valence electrons. The van der Waals surface area contributed by atoms with Crippen LogP contribution in [-0.2, 0) is 46.6 Å². The number of carbonyl (C=O) groups excluding carboxylic acids is 4.